The highest BCUT2D eigenvalue weighted by atomic mass is 16.5. The fraction of sp³-hybridized carbons (Fsp3) is 0.0667. The van der Waals surface area contributed by atoms with E-state index in [1.54, 1.807) is 12.4 Å². The van der Waals surface area contributed by atoms with Crippen molar-refractivity contribution in [2.24, 2.45) is 0 Å². The fourth-order valence-corrected chi connectivity index (χ4v) is 9.24. The van der Waals surface area contributed by atoms with Crippen LogP contribution in [0.2, 0.25) is 0 Å². The van der Waals surface area contributed by atoms with Gasteiger partial charge in [-0.2, -0.15) is 0 Å². The van der Waals surface area contributed by atoms with E-state index in [0.717, 1.165) is 56.2 Å². The van der Waals surface area contributed by atoms with Crippen LogP contribution in [0.4, 0.5) is 11.4 Å². The Morgan fingerprint density at radius 1 is 0.400 bits per heavy atom. The summed E-state index contributed by atoms with van der Waals surface area (Å²) in [7, 11) is 8.31. The molecule has 0 spiro atoms. The molecule has 0 radical (unpaired) electrons. The molecule has 0 atom stereocenters. The summed E-state index contributed by atoms with van der Waals surface area (Å²) in [6.45, 7) is 0. The molecule has 0 saturated carbocycles. The van der Waals surface area contributed by atoms with E-state index < -0.39 is 0 Å². The van der Waals surface area contributed by atoms with Crippen molar-refractivity contribution in [3.05, 3.63) is 219 Å². The van der Waals surface area contributed by atoms with Gasteiger partial charge in [-0.05, 0) is 94.3 Å². The lowest BCUT2D eigenvalue weighted by molar-refractivity contribution is -0.572. The minimum Gasteiger partial charge on any atom is -0.458 e. The van der Waals surface area contributed by atoms with Crippen molar-refractivity contribution in [2.45, 2.75) is 0 Å². The highest BCUT2D eigenvalue weighted by molar-refractivity contribution is 5.92. The molecule has 12 aromatic rings. The maximum atomic E-state index is 6.53. The predicted octanol–water partition coefficient (Wildman–Crippen LogP) is 12.2. The fourth-order valence-electron chi connectivity index (χ4n) is 9.24. The summed E-state index contributed by atoms with van der Waals surface area (Å²) in [5, 5.41) is 4.71. The Kier molecular flexibility index (Phi) is 10.5. The van der Waals surface area contributed by atoms with Gasteiger partial charge in [0.15, 0.2) is 0 Å². The number of aromatic nitrogens is 6. The molecular formula is C60H46N8O2. The summed E-state index contributed by atoms with van der Waals surface area (Å²) in [5.41, 5.74) is 11.5. The number of fused-ring (bicyclic) bond motifs is 4. The number of hydrogen-bond donors (Lipinski definition) is 0. The second kappa shape index (κ2) is 17.4. The lowest BCUT2D eigenvalue weighted by Crippen LogP contribution is -2.29. The van der Waals surface area contributed by atoms with Gasteiger partial charge in [0.1, 0.15) is 23.0 Å². The van der Waals surface area contributed by atoms with Gasteiger partial charge in [0.25, 0.3) is 12.7 Å². The molecule has 0 fully saturated rings. The van der Waals surface area contributed by atoms with E-state index in [1.165, 1.54) is 21.5 Å². The average Bonchev–Trinajstić information content (AvgIpc) is 3.98. The Morgan fingerprint density at radius 3 is 1.21 bits per heavy atom. The number of benzene rings is 8. The first-order chi connectivity index (χ1) is 34.3. The van der Waals surface area contributed by atoms with Gasteiger partial charge in [-0.25, -0.2) is 0 Å². The molecule has 12 rings (SSSR count). The maximum Gasteiger partial charge on any atom is 0.269 e. The SMILES string of the molecule is CN(C)c1cc2ccccc2cc1-n1[c-][n+](-c2cccc(Oc3ccnc(-c4cc(Oc5cccc(-[n+]6[c-]n(-c7cc8ccccc8cc7N(C)C)c7ccccc76)c5)ccn4)c3)c2)c2ccccc21. The molecule has 70 heavy (non-hydrogen) atoms. The lowest BCUT2D eigenvalue weighted by atomic mass is 10.1. The van der Waals surface area contributed by atoms with Gasteiger partial charge in [-0.1, -0.05) is 109 Å². The van der Waals surface area contributed by atoms with Crippen LogP contribution in [0.5, 0.6) is 23.0 Å². The lowest BCUT2D eigenvalue weighted by Gasteiger charge is -2.19. The van der Waals surface area contributed by atoms with E-state index in [1.807, 2.05) is 60.7 Å². The Morgan fingerprint density at radius 2 is 0.786 bits per heavy atom. The zero-order chi connectivity index (χ0) is 47.3. The molecule has 0 N–H and O–H groups in total. The molecular weight excluding hydrogens is 865 g/mol. The number of imidazole rings is 2. The van der Waals surface area contributed by atoms with E-state index in [2.05, 4.69) is 212 Å². The van der Waals surface area contributed by atoms with Gasteiger partial charge in [0.05, 0.1) is 56.2 Å². The zero-order valence-electron chi connectivity index (χ0n) is 39.0. The molecule has 10 nitrogen and oxygen atoms in total. The van der Waals surface area contributed by atoms with E-state index in [0.29, 0.717) is 34.4 Å². The van der Waals surface area contributed by atoms with Gasteiger partial charge < -0.3 is 19.3 Å². The molecule has 0 aliphatic carbocycles. The summed E-state index contributed by atoms with van der Waals surface area (Å²) in [5.74, 6) is 2.59. The number of anilines is 2. The first-order valence-electron chi connectivity index (χ1n) is 23.1. The summed E-state index contributed by atoms with van der Waals surface area (Å²) < 4.78 is 21.5. The Balaban J connectivity index is 0.814. The van der Waals surface area contributed by atoms with Crippen molar-refractivity contribution >= 4 is 55.0 Å². The summed E-state index contributed by atoms with van der Waals surface area (Å²) >= 11 is 0. The first-order valence-corrected chi connectivity index (χ1v) is 23.1. The third-order valence-corrected chi connectivity index (χ3v) is 12.6. The first kappa shape index (κ1) is 42.1. The number of para-hydroxylation sites is 4. The van der Waals surface area contributed by atoms with Gasteiger partial charge in [0, 0.05) is 64.1 Å². The van der Waals surface area contributed by atoms with E-state index in [-0.39, 0.29) is 0 Å². The molecule has 0 bridgehead atoms. The number of pyridine rings is 2. The normalized spacial score (nSPS) is 11.4. The second-order valence-corrected chi connectivity index (χ2v) is 17.6. The van der Waals surface area contributed by atoms with Crippen molar-refractivity contribution in [1.29, 1.82) is 0 Å². The molecule has 0 unspecified atom stereocenters. The highest BCUT2D eigenvalue weighted by Crippen LogP contribution is 2.35. The van der Waals surface area contributed by atoms with Crippen LogP contribution in [0.25, 0.3) is 77.7 Å². The Bertz CT molecular complexity index is 3690. The quantitative estimate of drug-likeness (QED) is 0.0951. The van der Waals surface area contributed by atoms with Crippen molar-refractivity contribution in [2.75, 3.05) is 38.0 Å². The van der Waals surface area contributed by atoms with Crippen LogP contribution in [0.3, 0.4) is 0 Å². The standard InChI is InChI=1S/C60H46N8O2/c1-63(2)57-31-41-15-5-7-17-43(41)33-59(57)67-39-65(53-23-9-11-25-55(53)67)45-19-13-21-47(35-45)69-49-27-29-61-51(37-49)52-38-50(28-30-62-52)70-48-22-14-20-46(36-48)66-40-68(56-26-12-10-24-54(56)66)60-34-44-18-8-6-16-42(44)32-58(60)64(3)4/h5-38H,1-4H3. The summed E-state index contributed by atoms with van der Waals surface area (Å²) in [6, 6.07) is 66.2. The Hall–Kier alpha value is -9.28. The van der Waals surface area contributed by atoms with Crippen molar-refractivity contribution in [3.8, 4) is 57.1 Å². The maximum absolute atomic E-state index is 6.53. The second-order valence-electron chi connectivity index (χ2n) is 17.6. The molecule has 338 valence electrons. The van der Waals surface area contributed by atoms with Crippen LogP contribution in [-0.4, -0.2) is 47.3 Å². The molecule has 0 saturated heterocycles. The molecule has 0 aliphatic heterocycles. The smallest absolute Gasteiger partial charge is 0.269 e. The molecule has 4 aromatic heterocycles. The van der Waals surface area contributed by atoms with Crippen LogP contribution in [-0.2, 0) is 0 Å². The summed E-state index contributed by atoms with van der Waals surface area (Å²) in [4.78, 5) is 13.7. The highest BCUT2D eigenvalue weighted by Gasteiger charge is 2.19. The third kappa shape index (κ3) is 7.77. The third-order valence-electron chi connectivity index (χ3n) is 12.6. The van der Waals surface area contributed by atoms with Crippen LogP contribution >= 0.6 is 0 Å². The average molecular weight is 911 g/mol. The zero-order valence-corrected chi connectivity index (χ0v) is 39.0. The predicted molar refractivity (Wildman–Crippen MR) is 279 cm³/mol. The van der Waals surface area contributed by atoms with Gasteiger partial charge in [0.2, 0.25) is 0 Å². The van der Waals surface area contributed by atoms with Crippen molar-refractivity contribution in [3.63, 3.8) is 0 Å². The Labute approximate surface area is 405 Å². The van der Waals surface area contributed by atoms with Crippen LogP contribution < -0.4 is 28.4 Å². The van der Waals surface area contributed by atoms with E-state index in [9.17, 15) is 0 Å². The molecule has 0 aliphatic rings. The minimum absolute atomic E-state index is 0.625. The van der Waals surface area contributed by atoms with E-state index >= 15 is 0 Å². The topological polar surface area (TPSA) is 68.3 Å². The molecule has 10 heteroatoms. The van der Waals surface area contributed by atoms with Crippen molar-refractivity contribution in [1.82, 2.24) is 19.1 Å². The molecule has 8 aromatic carbocycles. The monoisotopic (exact) mass is 910 g/mol. The van der Waals surface area contributed by atoms with E-state index in [4.69, 9.17) is 9.47 Å². The van der Waals surface area contributed by atoms with Crippen LogP contribution in [0.1, 0.15) is 0 Å². The number of rotatable bonds is 11. The van der Waals surface area contributed by atoms with Crippen LogP contribution in [0.15, 0.2) is 207 Å². The minimum atomic E-state index is 0.625. The molecule has 0 amide bonds. The number of hydrogen-bond acceptors (Lipinski definition) is 6. The van der Waals surface area contributed by atoms with Gasteiger partial charge in [-0.15, -0.1) is 0 Å². The largest absolute Gasteiger partial charge is 0.458 e. The number of nitrogens with zero attached hydrogens (tertiary/aromatic N) is 8. The van der Waals surface area contributed by atoms with Crippen LogP contribution in [0, 0.1) is 12.7 Å². The summed E-state index contributed by atoms with van der Waals surface area (Å²) in [6.07, 6.45) is 10.8. The van der Waals surface area contributed by atoms with Gasteiger partial charge in [-0.3, -0.25) is 28.2 Å². The van der Waals surface area contributed by atoms with Crippen molar-refractivity contribution < 1.29 is 18.6 Å². The molecule has 4 heterocycles. The van der Waals surface area contributed by atoms with Gasteiger partial charge >= 0.3 is 0 Å². The number of ether oxygens (including phenoxy) is 2.